The molecule has 176 valence electrons. The number of pyridine rings is 1. The van der Waals surface area contributed by atoms with E-state index in [1.807, 2.05) is 9.80 Å². The van der Waals surface area contributed by atoms with Crippen molar-refractivity contribution in [1.29, 1.82) is 0 Å². The number of amides is 3. The van der Waals surface area contributed by atoms with Crippen LogP contribution in [0.2, 0.25) is 0 Å². The Morgan fingerprint density at radius 1 is 1.09 bits per heavy atom. The summed E-state index contributed by atoms with van der Waals surface area (Å²) in [7, 11) is 0. The van der Waals surface area contributed by atoms with E-state index < -0.39 is 0 Å². The molecular weight excluding hydrogens is 436 g/mol. The fourth-order valence-electron chi connectivity index (χ4n) is 4.44. The molecule has 1 aliphatic carbocycles. The number of aryl methyl sites for hydroxylation is 1. The Balaban J connectivity index is 1.49. The monoisotopic (exact) mass is 468 g/mol. The predicted molar refractivity (Wildman–Crippen MR) is 130 cm³/mol. The van der Waals surface area contributed by atoms with Crippen LogP contribution in [0.5, 0.6) is 0 Å². The van der Waals surface area contributed by atoms with Crippen LogP contribution in [0.4, 0.5) is 5.00 Å². The van der Waals surface area contributed by atoms with Crippen LogP contribution in [0.25, 0.3) is 0 Å². The Bertz CT molecular complexity index is 1010. The van der Waals surface area contributed by atoms with Crippen molar-refractivity contribution >= 4 is 34.1 Å². The first-order valence-corrected chi connectivity index (χ1v) is 12.7. The van der Waals surface area contributed by atoms with Crippen LogP contribution >= 0.6 is 11.3 Å². The van der Waals surface area contributed by atoms with Crippen LogP contribution < -0.4 is 5.32 Å². The first-order chi connectivity index (χ1) is 15.9. The number of hydrogen-bond acceptors (Lipinski definition) is 5. The minimum Gasteiger partial charge on any atom is -0.339 e. The van der Waals surface area contributed by atoms with Gasteiger partial charge in [0.15, 0.2) is 0 Å². The molecule has 2 aromatic rings. The maximum absolute atomic E-state index is 13.6. The van der Waals surface area contributed by atoms with Gasteiger partial charge in [0, 0.05) is 49.9 Å². The Morgan fingerprint density at radius 2 is 1.82 bits per heavy atom. The first kappa shape index (κ1) is 23.4. The summed E-state index contributed by atoms with van der Waals surface area (Å²) in [4.78, 5) is 47.8. The van der Waals surface area contributed by atoms with Crippen LogP contribution in [0.15, 0.2) is 24.5 Å². The summed E-state index contributed by atoms with van der Waals surface area (Å²) in [5, 5.41) is 3.62. The molecular formula is C25H32N4O3S. The fourth-order valence-corrected chi connectivity index (χ4v) is 5.72. The number of aromatic nitrogens is 1. The number of fused-ring (bicyclic) bond motifs is 1. The topological polar surface area (TPSA) is 82.6 Å². The molecule has 3 heterocycles. The second-order valence-electron chi connectivity index (χ2n) is 9.22. The zero-order valence-electron chi connectivity index (χ0n) is 19.4. The average Bonchev–Trinajstić information content (AvgIpc) is 3.20. The summed E-state index contributed by atoms with van der Waals surface area (Å²) < 4.78 is 0. The predicted octanol–water partition coefficient (Wildman–Crippen LogP) is 3.99. The molecule has 0 unspecified atom stereocenters. The molecule has 1 fully saturated rings. The van der Waals surface area contributed by atoms with Crippen molar-refractivity contribution in [1.82, 2.24) is 14.8 Å². The van der Waals surface area contributed by atoms with E-state index in [0.29, 0.717) is 54.6 Å². The van der Waals surface area contributed by atoms with Crippen molar-refractivity contribution in [3.63, 3.8) is 0 Å². The van der Waals surface area contributed by atoms with Crippen molar-refractivity contribution in [3.8, 4) is 0 Å². The molecule has 3 amide bonds. The molecule has 0 radical (unpaired) electrons. The van der Waals surface area contributed by atoms with Gasteiger partial charge in [0.05, 0.1) is 11.1 Å². The third-order valence-electron chi connectivity index (χ3n) is 6.39. The van der Waals surface area contributed by atoms with Gasteiger partial charge in [-0.2, -0.15) is 0 Å². The highest BCUT2D eigenvalue weighted by Gasteiger charge is 2.31. The molecule has 4 rings (SSSR count). The zero-order chi connectivity index (χ0) is 23.4. The Labute approximate surface area is 199 Å². The minimum absolute atomic E-state index is 0.0369. The number of carbonyl (C=O) groups excluding carboxylic acids is 3. The van der Waals surface area contributed by atoms with Crippen LogP contribution in [0, 0.1) is 5.92 Å². The van der Waals surface area contributed by atoms with Gasteiger partial charge in [-0.15, -0.1) is 11.3 Å². The van der Waals surface area contributed by atoms with Crippen LogP contribution in [0.1, 0.15) is 70.7 Å². The number of carbonyl (C=O) groups is 3. The molecule has 0 aromatic carbocycles. The van der Waals surface area contributed by atoms with Crippen molar-refractivity contribution < 1.29 is 14.4 Å². The van der Waals surface area contributed by atoms with Gasteiger partial charge in [-0.3, -0.25) is 19.4 Å². The van der Waals surface area contributed by atoms with E-state index in [4.69, 9.17) is 0 Å². The molecule has 8 heteroatoms. The van der Waals surface area contributed by atoms with E-state index in [-0.39, 0.29) is 17.7 Å². The minimum atomic E-state index is -0.253. The van der Waals surface area contributed by atoms with Gasteiger partial charge in [-0.05, 0) is 55.7 Å². The molecule has 2 aromatic heterocycles. The molecule has 7 nitrogen and oxygen atoms in total. The summed E-state index contributed by atoms with van der Waals surface area (Å²) in [6.45, 7) is 6.41. The van der Waals surface area contributed by atoms with Crippen LogP contribution in [-0.4, -0.2) is 58.7 Å². The summed E-state index contributed by atoms with van der Waals surface area (Å²) >= 11 is 1.53. The van der Waals surface area contributed by atoms with Gasteiger partial charge in [-0.1, -0.05) is 13.8 Å². The lowest BCUT2D eigenvalue weighted by molar-refractivity contribution is -0.132. The third-order valence-corrected chi connectivity index (χ3v) is 7.60. The molecule has 0 spiro atoms. The van der Waals surface area contributed by atoms with Crippen molar-refractivity contribution in [2.24, 2.45) is 5.92 Å². The van der Waals surface area contributed by atoms with Crippen molar-refractivity contribution in [2.75, 3.05) is 31.5 Å². The largest absolute Gasteiger partial charge is 0.339 e. The van der Waals surface area contributed by atoms with Crippen molar-refractivity contribution in [3.05, 3.63) is 46.1 Å². The molecule has 1 N–H and O–H groups in total. The number of nitrogens with zero attached hydrogens (tertiary/aromatic N) is 3. The lowest BCUT2D eigenvalue weighted by atomic mass is 9.95. The molecule has 33 heavy (non-hydrogen) atoms. The summed E-state index contributed by atoms with van der Waals surface area (Å²) in [6.07, 6.45) is 8.58. The maximum Gasteiger partial charge on any atom is 0.257 e. The number of piperazine rings is 1. The number of hydrogen-bond donors (Lipinski definition) is 1. The average molecular weight is 469 g/mol. The normalized spacial score (nSPS) is 16.0. The second-order valence-corrected chi connectivity index (χ2v) is 10.3. The molecule has 0 bridgehead atoms. The van der Waals surface area contributed by atoms with Gasteiger partial charge < -0.3 is 15.1 Å². The van der Waals surface area contributed by atoms with Crippen molar-refractivity contribution in [2.45, 2.75) is 52.4 Å². The number of rotatable bonds is 6. The smallest absolute Gasteiger partial charge is 0.257 e. The Kier molecular flexibility index (Phi) is 7.42. The van der Waals surface area contributed by atoms with E-state index in [1.54, 1.807) is 18.3 Å². The first-order valence-electron chi connectivity index (χ1n) is 11.9. The summed E-state index contributed by atoms with van der Waals surface area (Å²) in [5.41, 5.74) is 2.20. The highest BCUT2D eigenvalue weighted by atomic mass is 32.1. The highest BCUT2D eigenvalue weighted by molar-refractivity contribution is 7.17. The molecule has 1 aliphatic heterocycles. The van der Waals surface area contributed by atoms with E-state index in [0.717, 1.165) is 37.7 Å². The van der Waals surface area contributed by atoms with E-state index in [9.17, 15) is 14.4 Å². The van der Waals surface area contributed by atoms with E-state index >= 15 is 0 Å². The van der Waals surface area contributed by atoms with Gasteiger partial charge in [-0.25, -0.2) is 0 Å². The maximum atomic E-state index is 13.6. The molecule has 1 saturated heterocycles. The second kappa shape index (κ2) is 10.5. The highest BCUT2D eigenvalue weighted by Crippen LogP contribution is 2.39. The number of anilines is 1. The summed E-state index contributed by atoms with van der Waals surface area (Å²) in [6, 6.07) is 3.44. The van der Waals surface area contributed by atoms with E-state index in [2.05, 4.69) is 24.1 Å². The number of nitrogens with one attached hydrogen (secondary N) is 1. The third kappa shape index (κ3) is 5.43. The lowest BCUT2D eigenvalue weighted by Crippen LogP contribution is -2.50. The quantitative estimate of drug-likeness (QED) is 0.695. The van der Waals surface area contributed by atoms with E-state index in [1.165, 1.54) is 22.4 Å². The number of thiophene rings is 1. The summed E-state index contributed by atoms with van der Waals surface area (Å²) in [5.74, 6) is 0.386. The fraction of sp³-hybridized carbons (Fsp3) is 0.520. The van der Waals surface area contributed by atoms with Crippen LogP contribution in [0.3, 0.4) is 0 Å². The molecule has 0 atom stereocenters. The molecule has 0 saturated carbocycles. The SMILES string of the molecule is CC(C)CCC(=O)N1CCN(C(=O)c2c(NC(=O)c3cccnc3)sc3c2CCCC3)CC1. The molecule has 2 aliphatic rings. The van der Waals surface area contributed by atoms with Gasteiger partial charge in [0.1, 0.15) is 5.00 Å². The van der Waals surface area contributed by atoms with Crippen LogP contribution in [-0.2, 0) is 17.6 Å². The van der Waals surface area contributed by atoms with Gasteiger partial charge in [0.25, 0.3) is 11.8 Å². The zero-order valence-corrected chi connectivity index (χ0v) is 20.2. The Morgan fingerprint density at radius 3 is 2.52 bits per heavy atom. The van der Waals surface area contributed by atoms with Gasteiger partial charge >= 0.3 is 0 Å². The standard InChI is InChI=1S/C25H32N4O3S/c1-17(2)9-10-21(30)28-12-14-29(15-13-28)25(32)22-19-7-3-4-8-20(19)33-24(22)27-23(31)18-6-5-11-26-16-18/h5-6,11,16-17H,3-4,7-10,12-15H2,1-2H3,(H,27,31). The Hall–Kier alpha value is -2.74. The lowest BCUT2D eigenvalue weighted by Gasteiger charge is -2.35. The van der Waals surface area contributed by atoms with Gasteiger partial charge in [0.2, 0.25) is 5.91 Å².